The third-order valence-electron chi connectivity index (χ3n) is 5.73. The number of fused-ring (bicyclic) bond motifs is 2. The molecule has 3 atom stereocenters. The number of rotatable bonds is 5. The molecule has 0 amide bonds. The third-order valence-corrected chi connectivity index (χ3v) is 9.85. The van der Waals surface area contributed by atoms with Crippen LogP contribution in [0.5, 0.6) is 0 Å². The molecule has 0 spiro atoms. The monoisotopic (exact) mass is 441 g/mol. The molecule has 5 nitrogen and oxygen atoms in total. The van der Waals surface area contributed by atoms with Crippen molar-refractivity contribution in [2.24, 2.45) is 0 Å². The van der Waals surface area contributed by atoms with Crippen LogP contribution in [0.15, 0.2) is 53.4 Å². The van der Waals surface area contributed by atoms with E-state index in [-0.39, 0.29) is 23.3 Å². The highest BCUT2D eigenvalue weighted by Gasteiger charge is 2.49. The number of benzene rings is 2. The van der Waals surface area contributed by atoms with Gasteiger partial charge >= 0.3 is 0 Å². The summed E-state index contributed by atoms with van der Waals surface area (Å²) in [5.74, 6) is -2.17. The minimum absolute atomic E-state index is 0.0425. The molecule has 2 aromatic carbocycles. The van der Waals surface area contributed by atoms with Crippen LogP contribution in [0.4, 0.5) is 8.78 Å². The summed E-state index contributed by atoms with van der Waals surface area (Å²) in [5.41, 5.74) is 0.0425. The normalized spacial score (nSPS) is 25.2. The number of hydrogen-bond acceptors (Lipinski definition) is 4. The molecule has 0 aliphatic carbocycles. The van der Waals surface area contributed by atoms with Crippen molar-refractivity contribution in [3.05, 3.63) is 65.7 Å². The Hall–Kier alpha value is -1.84. The second-order valence-electron chi connectivity index (χ2n) is 7.70. The Morgan fingerprint density at radius 2 is 1.41 bits per heavy atom. The van der Waals surface area contributed by atoms with Crippen LogP contribution in [-0.4, -0.2) is 38.5 Å². The highest BCUT2D eigenvalue weighted by molar-refractivity contribution is 7.92. The average Bonchev–Trinajstić information content (AvgIpc) is 2.92. The van der Waals surface area contributed by atoms with Gasteiger partial charge in [-0.05, 0) is 55.5 Å². The zero-order chi connectivity index (χ0) is 20.8. The molecular formula is C20H21F2NO4S2. The summed E-state index contributed by atoms with van der Waals surface area (Å²) >= 11 is 0. The molecule has 2 aliphatic rings. The molecule has 2 saturated heterocycles. The predicted octanol–water partition coefficient (Wildman–Crippen LogP) is 3.26. The minimum Gasteiger partial charge on any atom is -0.223 e. The molecule has 4 rings (SSSR count). The van der Waals surface area contributed by atoms with Crippen LogP contribution in [0.2, 0.25) is 0 Å². The molecular weight excluding hydrogens is 420 g/mol. The molecule has 29 heavy (non-hydrogen) atoms. The van der Waals surface area contributed by atoms with Crippen LogP contribution in [0.25, 0.3) is 0 Å². The highest BCUT2D eigenvalue weighted by Crippen LogP contribution is 2.42. The van der Waals surface area contributed by atoms with E-state index in [1.54, 1.807) is 30.3 Å². The molecule has 0 aromatic heterocycles. The molecule has 1 unspecified atom stereocenters. The number of sulfone groups is 1. The van der Waals surface area contributed by atoms with Crippen molar-refractivity contribution in [2.75, 3.05) is 0 Å². The van der Waals surface area contributed by atoms with Crippen molar-refractivity contribution in [3.63, 3.8) is 0 Å². The Morgan fingerprint density at radius 1 is 0.862 bits per heavy atom. The van der Waals surface area contributed by atoms with Gasteiger partial charge < -0.3 is 0 Å². The molecule has 156 valence electrons. The fourth-order valence-corrected chi connectivity index (χ4v) is 8.47. The van der Waals surface area contributed by atoms with Gasteiger partial charge in [-0.25, -0.2) is 25.6 Å². The van der Waals surface area contributed by atoms with Crippen LogP contribution in [-0.2, 0) is 25.6 Å². The number of sulfonamides is 1. The standard InChI is InChI=1S/C20H21F2NO4S2/c21-15-8-14(9-16(22)10-15)13-28(24,25)23-17-6-7-18(23)12-20(11-17)29(26,27)19-4-2-1-3-5-19/h1-5,8-10,17-18,20H,6-7,11-13H2/t17-,18+,20?. The van der Waals surface area contributed by atoms with Gasteiger partial charge in [-0.1, -0.05) is 18.2 Å². The van der Waals surface area contributed by atoms with Crippen molar-refractivity contribution in [1.82, 2.24) is 4.31 Å². The predicted molar refractivity (Wildman–Crippen MR) is 104 cm³/mol. The number of piperidine rings is 1. The summed E-state index contributed by atoms with van der Waals surface area (Å²) in [6, 6.07) is 10.1. The number of hydrogen-bond donors (Lipinski definition) is 0. The summed E-state index contributed by atoms with van der Waals surface area (Å²) < 4.78 is 80.2. The summed E-state index contributed by atoms with van der Waals surface area (Å²) in [5, 5.41) is -0.638. The first-order chi connectivity index (χ1) is 13.7. The summed E-state index contributed by atoms with van der Waals surface area (Å²) in [6.45, 7) is 0. The van der Waals surface area contributed by atoms with E-state index < -0.39 is 54.6 Å². The van der Waals surface area contributed by atoms with Crippen LogP contribution in [0.1, 0.15) is 31.2 Å². The minimum atomic E-state index is -3.83. The van der Waals surface area contributed by atoms with Crippen molar-refractivity contribution >= 4 is 19.9 Å². The van der Waals surface area contributed by atoms with Gasteiger partial charge in [-0.3, -0.25) is 0 Å². The summed E-state index contributed by atoms with van der Waals surface area (Å²) in [7, 11) is -7.38. The van der Waals surface area contributed by atoms with E-state index in [1.165, 1.54) is 4.31 Å². The van der Waals surface area contributed by atoms with Gasteiger partial charge in [0.15, 0.2) is 9.84 Å². The van der Waals surface area contributed by atoms with E-state index >= 15 is 0 Å². The fourth-order valence-electron chi connectivity index (χ4n) is 4.57. The fraction of sp³-hybridized carbons (Fsp3) is 0.400. The third kappa shape index (κ3) is 3.95. The molecule has 0 saturated carbocycles. The van der Waals surface area contributed by atoms with Crippen molar-refractivity contribution in [1.29, 1.82) is 0 Å². The maximum absolute atomic E-state index is 13.4. The molecule has 2 bridgehead atoms. The molecule has 0 radical (unpaired) electrons. The Kier molecular flexibility index (Phi) is 5.25. The molecule has 9 heteroatoms. The smallest absolute Gasteiger partial charge is 0.218 e. The largest absolute Gasteiger partial charge is 0.223 e. The van der Waals surface area contributed by atoms with E-state index in [1.807, 2.05) is 0 Å². The van der Waals surface area contributed by atoms with Gasteiger partial charge in [0.05, 0.1) is 15.9 Å². The molecule has 2 aromatic rings. The van der Waals surface area contributed by atoms with Gasteiger partial charge in [0.1, 0.15) is 11.6 Å². The van der Waals surface area contributed by atoms with Gasteiger partial charge in [-0.15, -0.1) is 0 Å². The number of nitrogens with zero attached hydrogens (tertiary/aromatic N) is 1. The zero-order valence-corrected chi connectivity index (χ0v) is 17.2. The SMILES string of the molecule is O=S(=O)(c1ccccc1)C1C[C@H]2CC[C@@H](C1)N2S(=O)(=O)Cc1cc(F)cc(F)c1. The van der Waals surface area contributed by atoms with Crippen molar-refractivity contribution < 1.29 is 25.6 Å². The average molecular weight is 442 g/mol. The lowest BCUT2D eigenvalue weighted by molar-refractivity contribution is 0.248. The summed E-state index contributed by atoms with van der Waals surface area (Å²) in [4.78, 5) is 0.246. The van der Waals surface area contributed by atoms with E-state index in [0.717, 1.165) is 12.1 Å². The van der Waals surface area contributed by atoms with Crippen LogP contribution >= 0.6 is 0 Å². The van der Waals surface area contributed by atoms with Gasteiger partial charge in [0, 0.05) is 18.2 Å². The first-order valence-electron chi connectivity index (χ1n) is 9.42. The van der Waals surface area contributed by atoms with Gasteiger partial charge in [-0.2, -0.15) is 4.31 Å². The number of halogens is 2. The lowest BCUT2D eigenvalue weighted by Gasteiger charge is -2.37. The second-order valence-corrected chi connectivity index (χ2v) is 11.8. The topological polar surface area (TPSA) is 71.5 Å². The van der Waals surface area contributed by atoms with Crippen LogP contribution in [0, 0.1) is 11.6 Å². The molecule has 2 fully saturated rings. The Bertz CT molecular complexity index is 1090. The van der Waals surface area contributed by atoms with E-state index in [0.29, 0.717) is 18.9 Å². The quantitative estimate of drug-likeness (QED) is 0.714. The zero-order valence-electron chi connectivity index (χ0n) is 15.5. The Morgan fingerprint density at radius 3 is 1.97 bits per heavy atom. The maximum atomic E-state index is 13.4. The molecule has 0 N–H and O–H groups in total. The van der Waals surface area contributed by atoms with Gasteiger partial charge in [0.2, 0.25) is 10.0 Å². The molecule has 2 aliphatic heterocycles. The lowest BCUT2D eigenvalue weighted by atomic mass is 10.1. The Balaban J connectivity index is 1.56. The van der Waals surface area contributed by atoms with Crippen LogP contribution < -0.4 is 0 Å². The van der Waals surface area contributed by atoms with Gasteiger partial charge in [0.25, 0.3) is 0 Å². The van der Waals surface area contributed by atoms with Crippen molar-refractivity contribution in [3.8, 4) is 0 Å². The van der Waals surface area contributed by atoms with E-state index in [2.05, 4.69) is 0 Å². The molecule has 2 heterocycles. The van der Waals surface area contributed by atoms with E-state index in [4.69, 9.17) is 0 Å². The first kappa shape index (κ1) is 20.4. The summed E-state index contributed by atoms with van der Waals surface area (Å²) in [6.07, 6.45) is 1.62. The van der Waals surface area contributed by atoms with E-state index in [9.17, 15) is 25.6 Å². The van der Waals surface area contributed by atoms with Crippen LogP contribution in [0.3, 0.4) is 0 Å². The Labute approximate surface area is 169 Å². The second kappa shape index (κ2) is 7.45. The first-order valence-corrected chi connectivity index (χ1v) is 12.6. The lowest BCUT2D eigenvalue weighted by Crippen LogP contribution is -2.49. The maximum Gasteiger partial charge on any atom is 0.218 e. The highest BCUT2D eigenvalue weighted by atomic mass is 32.2. The van der Waals surface area contributed by atoms with Crippen molar-refractivity contribution in [2.45, 2.75) is 53.7 Å².